The van der Waals surface area contributed by atoms with Crippen molar-refractivity contribution in [3.8, 4) is 22.8 Å². The number of benzene rings is 2. The van der Waals surface area contributed by atoms with E-state index < -0.39 is 17.9 Å². The molecule has 4 rings (SSSR count). The highest BCUT2D eigenvalue weighted by Gasteiger charge is 2.28. The third-order valence-corrected chi connectivity index (χ3v) is 4.24. The Morgan fingerprint density at radius 2 is 1.71 bits per heavy atom. The normalized spacial score (nSPS) is 15.0. The maximum Gasteiger partial charge on any atom is 0.283 e. The van der Waals surface area contributed by atoms with Crippen molar-refractivity contribution in [3.63, 3.8) is 0 Å². The number of fused-ring (bicyclic) bond motifs is 1. The molecule has 0 radical (unpaired) electrons. The maximum atomic E-state index is 12.6. The van der Waals surface area contributed by atoms with Crippen molar-refractivity contribution in [2.75, 3.05) is 6.61 Å². The molecule has 2 heterocycles. The van der Waals surface area contributed by atoms with E-state index in [4.69, 9.17) is 14.0 Å². The van der Waals surface area contributed by atoms with Crippen LogP contribution in [0.15, 0.2) is 59.1 Å². The minimum absolute atomic E-state index is 0.0419. The monoisotopic (exact) mass is 379 g/mol. The standard InChI is InChI=1S/C20H17N3O5/c1-12-17(18(23-28-12)13-7-3-2-4-8-13)20(25)22-21-19(24)16-11-26-14-9-5-6-10-15(14)27-16/h2-10,16H,11H2,1H3,(H,21,24)(H,22,25)/t16-/m1/s1. The molecule has 0 saturated carbocycles. The van der Waals surface area contributed by atoms with E-state index in [1.807, 2.05) is 36.4 Å². The van der Waals surface area contributed by atoms with E-state index >= 15 is 0 Å². The number of hydrazine groups is 1. The molecule has 0 saturated heterocycles. The van der Waals surface area contributed by atoms with E-state index in [9.17, 15) is 9.59 Å². The van der Waals surface area contributed by atoms with Gasteiger partial charge in [0.25, 0.3) is 11.8 Å². The van der Waals surface area contributed by atoms with Crippen LogP contribution in [-0.2, 0) is 4.79 Å². The fourth-order valence-electron chi connectivity index (χ4n) is 2.84. The van der Waals surface area contributed by atoms with Crippen molar-refractivity contribution in [3.05, 3.63) is 65.9 Å². The summed E-state index contributed by atoms with van der Waals surface area (Å²) in [5.74, 6) is 0.322. The minimum atomic E-state index is -0.882. The first-order valence-electron chi connectivity index (χ1n) is 8.64. The lowest BCUT2D eigenvalue weighted by molar-refractivity contribution is -0.131. The Hall–Kier alpha value is -3.81. The van der Waals surface area contributed by atoms with Crippen LogP contribution in [0, 0.1) is 6.92 Å². The number of hydrogen-bond donors (Lipinski definition) is 2. The van der Waals surface area contributed by atoms with Gasteiger partial charge in [-0.05, 0) is 19.1 Å². The summed E-state index contributed by atoms with van der Waals surface area (Å²) < 4.78 is 16.3. The fraction of sp³-hybridized carbons (Fsp3) is 0.150. The molecule has 142 valence electrons. The average molecular weight is 379 g/mol. The number of carbonyl (C=O) groups is 2. The van der Waals surface area contributed by atoms with Gasteiger partial charge in [0.1, 0.15) is 23.6 Å². The van der Waals surface area contributed by atoms with E-state index in [2.05, 4.69) is 16.0 Å². The number of amides is 2. The first kappa shape index (κ1) is 17.6. The summed E-state index contributed by atoms with van der Waals surface area (Å²) in [6.45, 7) is 1.67. The Bertz CT molecular complexity index is 1020. The minimum Gasteiger partial charge on any atom is -0.485 e. The number of aromatic nitrogens is 1. The van der Waals surface area contributed by atoms with Crippen LogP contribution in [0.5, 0.6) is 11.5 Å². The largest absolute Gasteiger partial charge is 0.485 e. The third-order valence-electron chi connectivity index (χ3n) is 4.24. The second-order valence-electron chi connectivity index (χ2n) is 6.14. The third kappa shape index (κ3) is 3.39. The highest BCUT2D eigenvalue weighted by atomic mass is 16.6. The molecule has 0 spiro atoms. The van der Waals surface area contributed by atoms with E-state index in [1.54, 1.807) is 25.1 Å². The summed E-state index contributed by atoms with van der Waals surface area (Å²) in [4.78, 5) is 25.0. The molecule has 0 unspecified atom stereocenters. The fourth-order valence-corrected chi connectivity index (χ4v) is 2.84. The molecule has 0 aliphatic carbocycles. The SMILES string of the molecule is Cc1onc(-c2ccccc2)c1C(=O)NNC(=O)[C@H]1COc2ccccc2O1. The van der Waals surface area contributed by atoms with Crippen LogP contribution >= 0.6 is 0 Å². The lowest BCUT2D eigenvalue weighted by Gasteiger charge is -2.25. The molecule has 2 N–H and O–H groups in total. The van der Waals surface area contributed by atoms with Crippen LogP contribution in [0.4, 0.5) is 0 Å². The lowest BCUT2D eigenvalue weighted by atomic mass is 10.1. The van der Waals surface area contributed by atoms with Crippen LogP contribution in [0.1, 0.15) is 16.1 Å². The highest BCUT2D eigenvalue weighted by molar-refractivity contribution is 6.01. The Balaban J connectivity index is 1.43. The van der Waals surface area contributed by atoms with Gasteiger partial charge in [-0.2, -0.15) is 0 Å². The number of nitrogens with zero attached hydrogens (tertiary/aromatic N) is 1. The van der Waals surface area contributed by atoms with Crippen LogP contribution in [-0.4, -0.2) is 29.7 Å². The number of para-hydroxylation sites is 2. The Labute approximate surface area is 160 Å². The first-order chi connectivity index (χ1) is 13.6. The molecule has 28 heavy (non-hydrogen) atoms. The first-order valence-corrected chi connectivity index (χ1v) is 8.64. The van der Waals surface area contributed by atoms with Crippen LogP contribution in [0.2, 0.25) is 0 Å². The zero-order valence-corrected chi connectivity index (χ0v) is 15.0. The van der Waals surface area contributed by atoms with Crippen molar-refractivity contribution >= 4 is 11.8 Å². The van der Waals surface area contributed by atoms with Crippen molar-refractivity contribution < 1.29 is 23.6 Å². The predicted octanol–water partition coefficient (Wildman–Crippen LogP) is 2.25. The molecule has 1 aromatic heterocycles. The van der Waals surface area contributed by atoms with Gasteiger partial charge in [0.05, 0.1) is 0 Å². The van der Waals surface area contributed by atoms with Gasteiger partial charge in [-0.1, -0.05) is 47.6 Å². The quantitative estimate of drug-likeness (QED) is 0.677. The topological polar surface area (TPSA) is 103 Å². The number of nitrogens with one attached hydrogen (secondary N) is 2. The lowest BCUT2D eigenvalue weighted by Crippen LogP contribution is -2.51. The molecule has 8 heteroatoms. The van der Waals surface area contributed by atoms with Crippen LogP contribution in [0.25, 0.3) is 11.3 Å². The summed E-state index contributed by atoms with van der Waals surface area (Å²) in [5.41, 5.74) is 6.13. The number of ether oxygens (including phenoxy) is 2. The summed E-state index contributed by atoms with van der Waals surface area (Å²) in [7, 11) is 0. The van der Waals surface area contributed by atoms with Crippen molar-refractivity contribution in [2.45, 2.75) is 13.0 Å². The van der Waals surface area contributed by atoms with Gasteiger partial charge < -0.3 is 14.0 Å². The second kappa shape index (κ2) is 7.43. The van der Waals surface area contributed by atoms with Gasteiger partial charge in [0.2, 0.25) is 6.10 Å². The van der Waals surface area contributed by atoms with Gasteiger partial charge in [-0.25, -0.2) is 0 Å². The van der Waals surface area contributed by atoms with Crippen molar-refractivity contribution in [1.29, 1.82) is 0 Å². The molecule has 0 bridgehead atoms. The molecule has 3 aromatic rings. The molecule has 8 nitrogen and oxygen atoms in total. The molecule has 1 aliphatic heterocycles. The molecule has 1 atom stereocenters. The maximum absolute atomic E-state index is 12.6. The number of rotatable bonds is 3. The van der Waals surface area contributed by atoms with Gasteiger partial charge >= 0.3 is 0 Å². The van der Waals surface area contributed by atoms with E-state index in [-0.39, 0.29) is 12.2 Å². The Morgan fingerprint density at radius 1 is 1.00 bits per heavy atom. The Kier molecular flexibility index (Phi) is 4.67. The highest BCUT2D eigenvalue weighted by Crippen LogP contribution is 2.30. The second-order valence-corrected chi connectivity index (χ2v) is 6.14. The molecular weight excluding hydrogens is 362 g/mol. The van der Waals surface area contributed by atoms with Gasteiger partial charge in [-0.15, -0.1) is 0 Å². The average Bonchev–Trinajstić information content (AvgIpc) is 3.13. The van der Waals surface area contributed by atoms with Gasteiger partial charge in [-0.3, -0.25) is 20.4 Å². The smallest absolute Gasteiger partial charge is 0.283 e. The molecule has 2 amide bonds. The number of carbonyl (C=O) groups excluding carboxylic acids is 2. The van der Waals surface area contributed by atoms with Crippen molar-refractivity contribution in [1.82, 2.24) is 16.0 Å². The predicted molar refractivity (Wildman–Crippen MR) is 98.6 cm³/mol. The number of hydrogen-bond acceptors (Lipinski definition) is 6. The molecular formula is C20H17N3O5. The Morgan fingerprint density at radius 3 is 2.50 bits per heavy atom. The van der Waals surface area contributed by atoms with E-state index in [1.165, 1.54) is 0 Å². The van der Waals surface area contributed by atoms with Crippen LogP contribution in [0.3, 0.4) is 0 Å². The summed E-state index contributed by atoms with van der Waals surface area (Å²) in [6, 6.07) is 16.2. The van der Waals surface area contributed by atoms with Gasteiger partial charge in [0.15, 0.2) is 11.5 Å². The molecule has 2 aromatic carbocycles. The number of aryl methyl sites for hydroxylation is 1. The summed E-state index contributed by atoms with van der Waals surface area (Å²) in [5, 5.41) is 3.96. The van der Waals surface area contributed by atoms with Crippen molar-refractivity contribution in [2.24, 2.45) is 0 Å². The zero-order chi connectivity index (χ0) is 19.5. The van der Waals surface area contributed by atoms with Crippen LogP contribution < -0.4 is 20.3 Å². The summed E-state index contributed by atoms with van der Waals surface area (Å²) in [6.07, 6.45) is -0.882. The zero-order valence-electron chi connectivity index (χ0n) is 15.0. The van der Waals surface area contributed by atoms with E-state index in [0.29, 0.717) is 23.0 Å². The molecule has 0 fully saturated rings. The van der Waals surface area contributed by atoms with E-state index in [0.717, 1.165) is 5.56 Å². The van der Waals surface area contributed by atoms with Gasteiger partial charge in [0, 0.05) is 5.56 Å². The molecule has 1 aliphatic rings. The summed E-state index contributed by atoms with van der Waals surface area (Å²) >= 11 is 0.